The second-order valence-electron chi connectivity index (χ2n) is 5.09. The van der Waals surface area contributed by atoms with Gasteiger partial charge in [-0.15, -0.1) is 0 Å². The van der Waals surface area contributed by atoms with Crippen molar-refractivity contribution in [2.45, 2.75) is 51.5 Å². The molecular weight excluding hydrogens is 186 g/mol. The molecule has 0 heterocycles. The molecule has 0 saturated heterocycles. The lowest BCUT2D eigenvalue weighted by Gasteiger charge is -2.33. The average molecular weight is 213 g/mol. The summed E-state index contributed by atoms with van der Waals surface area (Å²) in [5, 5.41) is 0. The minimum absolute atomic E-state index is 0.851. The third-order valence-corrected chi connectivity index (χ3v) is 3.72. The van der Waals surface area contributed by atoms with Crippen LogP contribution in [0.25, 0.3) is 0 Å². The fourth-order valence-electron chi connectivity index (χ4n) is 2.47. The number of ether oxygens (including phenoxy) is 1. The van der Waals surface area contributed by atoms with E-state index in [-0.39, 0.29) is 0 Å². The summed E-state index contributed by atoms with van der Waals surface area (Å²) in [6.07, 6.45) is 8.13. The number of hydrogen-bond acceptors (Lipinski definition) is 2. The number of unbranched alkanes of at least 4 members (excludes halogenated alkanes) is 1. The lowest BCUT2D eigenvalue weighted by Crippen LogP contribution is -2.35. The molecule has 15 heavy (non-hydrogen) atoms. The minimum Gasteiger partial charge on any atom is -0.385 e. The topological polar surface area (TPSA) is 12.5 Å². The van der Waals surface area contributed by atoms with E-state index in [0.29, 0.717) is 0 Å². The van der Waals surface area contributed by atoms with Gasteiger partial charge in [0.2, 0.25) is 0 Å². The Kier molecular flexibility index (Phi) is 6.26. The molecule has 1 aliphatic carbocycles. The minimum atomic E-state index is 0.851. The maximum Gasteiger partial charge on any atom is 0.0462 e. The van der Waals surface area contributed by atoms with Crippen LogP contribution in [0.3, 0.4) is 0 Å². The first-order valence-corrected chi connectivity index (χ1v) is 6.43. The van der Waals surface area contributed by atoms with Crippen LogP contribution in [0.4, 0.5) is 0 Å². The van der Waals surface area contributed by atoms with Crippen molar-refractivity contribution in [3.05, 3.63) is 0 Å². The van der Waals surface area contributed by atoms with Crippen LogP contribution in [0.2, 0.25) is 0 Å². The molecule has 90 valence electrons. The van der Waals surface area contributed by atoms with Crippen molar-refractivity contribution in [3.63, 3.8) is 0 Å². The van der Waals surface area contributed by atoms with E-state index in [2.05, 4.69) is 18.9 Å². The van der Waals surface area contributed by atoms with Crippen LogP contribution < -0.4 is 0 Å². The fourth-order valence-corrected chi connectivity index (χ4v) is 2.47. The smallest absolute Gasteiger partial charge is 0.0462 e. The molecular formula is C13H27NO. The molecule has 1 fully saturated rings. The van der Waals surface area contributed by atoms with Crippen molar-refractivity contribution in [3.8, 4) is 0 Å². The van der Waals surface area contributed by atoms with E-state index in [0.717, 1.165) is 18.6 Å². The first-order valence-electron chi connectivity index (χ1n) is 6.43. The summed E-state index contributed by atoms with van der Waals surface area (Å²) < 4.78 is 5.06. The zero-order valence-corrected chi connectivity index (χ0v) is 10.7. The summed E-state index contributed by atoms with van der Waals surface area (Å²) in [5.41, 5.74) is 0. The van der Waals surface area contributed by atoms with Crippen molar-refractivity contribution in [1.29, 1.82) is 0 Å². The van der Waals surface area contributed by atoms with Crippen molar-refractivity contribution in [2.24, 2.45) is 5.92 Å². The monoisotopic (exact) mass is 213 g/mol. The van der Waals surface area contributed by atoms with E-state index < -0.39 is 0 Å². The van der Waals surface area contributed by atoms with Crippen molar-refractivity contribution >= 4 is 0 Å². The van der Waals surface area contributed by atoms with Crippen LogP contribution in [-0.2, 0) is 4.74 Å². The summed E-state index contributed by atoms with van der Waals surface area (Å²) in [5.74, 6) is 0.961. The lowest BCUT2D eigenvalue weighted by atomic mass is 9.87. The van der Waals surface area contributed by atoms with Crippen molar-refractivity contribution in [1.82, 2.24) is 4.90 Å². The van der Waals surface area contributed by atoms with E-state index in [4.69, 9.17) is 4.74 Å². The molecule has 0 unspecified atom stereocenters. The van der Waals surface area contributed by atoms with Gasteiger partial charge in [-0.25, -0.2) is 0 Å². The highest BCUT2D eigenvalue weighted by molar-refractivity contribution is 4.76. The Morgan fingerprint density at radius 1 is 1.13 bits per heavy atom. The Hall–Kier alpha value is -0.0800. The highest BCUT2D eigenvalue weighted by Gasteiger charge is 2.20. The maximum atomic E-state index is 5.06. The Bertz CT molecular complexity index is 153. The van der Waals surface area contributed by atoms with Gasteiger partial charge in [0.25, 0.3) is 0 Å². The second kappa shape index (κ2) is 7.24. The molecule has 0 spiro atoms. The van der Waals surface area contributed by atoms with Crippen LogP contribution in [0.15, 0.2) is 0 Å². The highest BCUT2D eigenvalue weighted by Crippen LogP contribution is 2.26. The first-order chi connectivity index (χ1) is 7.24. The summed E-state index contributed by atoms with van der Waals surface area (Å²) in [4.78, 5) is 2.56. The molecule has 1 aliphatic rings. The largest absolute Gasteiger partial charge is 0.385 e. The average Bonchev–Trinajstić information content (AvgIpc) is 2.25. The molecule has 2 nitrogen and oxygen atoms in total. The van der Waals surface area contributed by atoms with Gasteiger partial charge in [0.1, 0.15) is 0 Å². The van der Waals surface area contributed by atoms with E-state index in [1.807, 2.05) is 0 Å². The van der Waals surface area contributed by atoms with Crippen molar-refractivity contribution < 1.29 is 4.74 Å². The third-order valence-electron chi connectivity index (χ3n) is 3.72. The molecule has 0 radical (unpaired) electrons. The van der Waals surface area contributed by atoms with Crippen molar-refractivity contribution in [2.75, 3.05) is 27.3 Å². The van der Waals surface area contributed by atoms with Gasteiger partial charge in [0.05, 0.1) is 0 Å². The number of hydrogen-bond donors (Lipinski definition) is 0. The van der Waals surface area contributed by atoms with E-state index >= 15 is 0 Å². The van der Waals surface area contributed by atoms with Crippen LogP contribution in [0.1, 0.15) is 45.4 Å². The Morgan fingerprint density at radius 2 is 1.80 bits per heavy atom. The molecule has 0 aromatic rings. The fraction of sp³-hybridized carbons (Fsp3) is 1.00. The lowest BCUT2D eigenvalue weighted by molar-refractivity contribution is 0.154. The third kappa shape index (κ3) is 4.98. The molecule has 0 bridgehead atoms. The van der Waals surface area contributed by atoms with Crippen LogP contribution in [0, 0.1) is 5.92 Å². The predicted molar refractivity (Wildman–Crippen MR) is 65.2 cm³/mol. The quantitative estimate of drug-likeness (QED) is 0.629. The van der Waals surface area contributed by atoms with Gasteiger partial charge in [0, 0.05) is 19.8 Å². The van der Waals surface area contributed by atoms with Gasteiger partial charge in [0.15, 0.2) is 0 Å². The first kappa shape index (κ1) is 13.0. The summed E-state index contributed by atoms with van der Waals surface area (Å²) in [7, 11) is 4.07. The Balaban J connectivity index is 2.08. The van der Waals surface area contributed by atoms with Gasteiger partial charge in [-0.3, -0.25) is 0 Å². The molecule has 0 aromatic heterocycles. The molecule has 0 aliphatic heterocycles. The molecule has 1 rings (SSSR count). The Morgan fingerprint density at radius 3 is 2.40 bits per heavy atom. The molecule has 0 amide bonds. The van der Waals surface area contributed by atoms with Crippen LogP contribution >= 0.6 is 0 Å². The number of methoxy groups -OCH3 is 1. The van der Waals surface area contributed by atoms with Gasteiger partial charge in [-0.2, -0.15) is 0 Å². The van der Waals surface area contributed by atoms with E-state index in [1.165, 1.54) is 45.1 Å². The normalized spacial score (nSPS) is 27.2. The standard InChI is InChI=1S/C13H27NO/c1-12-6-8-13(9-7-12)14(2)10-4-5-11-15-3/h12-13H,4-11H2,1-3H3. The van der Waals surface area contributed by atoms with Gasteiger partial charge < -0.3 is 9.64 Å². The predicted octanol–water partition coefficient (Wildman–Crippen LogP) is 2.92. The van der Waals surface area contributed by atoms with Gasteiger partial charge in [-0.1, -0.05) is 6.92 Å². The molecule has 2 heteroatoms. The Labute approximate surface area is 95.0 Å². The van der Waals surface area contributed by atoms with E-state index in [1.54, 1.807) is 7.11 Å². The molecule has 0 aromatic carbocycles. The molecule has 0 N–H and O–H groups in total. The maximum absolute atomic E-state index is 5.06. The van der Waals surface area contributed by atoms with Gasteiger partial charge >= 0.3 is 0 Å². The SMILES string of the molecule is COCCCCN(C)C1CCC(C)CC1. The summed E-state index contributed by atoms with van der Waals surface area (Å²) in [6.45, 7) is 4.53. The van der Waals surface area contributed by atoms with Crippen LogP contribution in [-0.4, -0.2) is 38.3 Å². The van der Waals surface area contributed by atoms with Crippen LogP contribution in [0.5, 0.6) is 0 Å². The summed E-state index contributed by atoms with van der Waals surface area (Å²) >= 11 is 0. The van der Waals surface area contributed by atoms with Gasteiger partial charge in [-0.05, 0) is 58.0 Å². The highest BCUT2D eigenvalue weighted by atomic mass is 16.5. The molecule has 0 atom stereocenters. The number of nitrogens with zero attached hydrogens (tertiary/aromatic N) is 1. The van der Waals surface area contributed by atoms with E-state index in [9.17, 15) is 0 Å². The number of rotatable bonds is 6. The second-order valence-corrected chi connectivity index (χ2v) is 5.09. The zero-order chi connectivity index (χ0) is 11.1. The zero-order valence-electron chi connectivity index (χ0n) is 10.7. The summed E-state index contributed by atoms with van der Waals surface area (Å²) in [6, 6.07) is 0.851. The molecule has 1 saturated carbocycles.